The summed E-state index contributed by atoms with van der Waals surface area (Å²) in [6.45, 7) is 7.19. The van der Waals surface area contributed by atoms with Gasteiger partial charge in [0.2, 0.25) is 0 Å². The largest absolute Gasteiger partial charge is 0.392 e. The van der Waals surface area contributed by atoms with Gasteiger partial charge in [0.05, 0.1) is 18.3 Å². The summed E-state index contributed by atoms with van der Waals surface area (Å²) >= 11 is 0. The standard InChI is InChI=1S/C20H28O5/c1-9-5-13-12(15(9)22)6-11(8-21)7-14-16-18(3,4)20(16,25)17(23)10(2)19(13,14)24/h5,7,10,12-14,16-17,21,23-25H,6,8H2,1-4H3/t10-,12-,13-,14+,16-,17-,19+,20-/m1/s1. The van der Waals surface area contributed by atoms with Crippen LogP contribution in [0.2, 0.25) is 0 Å². The van der Waals surface area contributed by atoms with Gasteiger partial charge in [-0.05, 0) is 24.5 Å². The van der Waals surface area contributed by atoms with E-state index in [1.807, 2.05) is 26.0 Å². The number of Topliss-reactive ketones (excluding diaryl/α,β-unsaturated/α-hetero) is 1. The highest BCUT2D eigenvalue weighted by Gasteiger charge is 2.83. The maximum Gasteiger partial charge on any atom is 0.162 e. The molecule has 0 radical (unpaired) electrons. The molecule has 4 aliphatic carbocycles. The van der Waals surface area contributed by atoms with E-state index in [4.69, 9.17) is 0 Å². The monoisotopic (exact) mass is 348 g/mol. The predicted octanol–water partition coefficient (Wildman–Crippen LogP) is 0.815. The summed E-state index contributed by atoms with van der Waals surface area (Å²) in [4.78, 5) is 12.6. The van der Waals surface area contributed by atoms with E-state index in [1.54, 1.807) is 13.8 Å². The molecule has 0 heterocycles. The Hall–Kier alpha value is -1.01. The van der Waals surface area contributed by atoms with Crippen LogP contribution < -0.4 is 0 Å². The van der Waals surface area contributed by atoms with Gasteiger partial charge in [0.15, 0.2) is 5.78 Å². The summed E-state index contributed by atoms with van der Waals surface area (Å²) in [5.74, 6) is -2.10. The number of allylic oxidation sites excluding steroid dienone is 1. The molecule has 0 aromatic heterocycles. The first-order valence-corrected chi connectivity index (χ1v) is 9.18. The number of hydrogen-bond donors (Lipinski definition) is 4. The van der Waals surface area contributed by atoms with Crippen LogP contribution in [-0.4, -0.2) is 50.1 Å². The van der Waals surface area contributed by atoms with Crippen LogP contribution in [0.25, 0.3) is 0 Å². The van der Waals surface area contributed by atoms with Gasteiger partial charge in [0, 0.05) is 35.0 Å². The molecule has 4 N–H and O–H groups in total. The van der Waals surface area contributed by atoms with Crippen molar-refractivity contribution < 1.29 is 25.2 Å². The highest BCUT2D eigenvalue weighted by atomic mass is 16.4. The summed E-state index contributed by atoms with van der Waals surface area (Å²) in [5, 5.41) is 43.7. The fourth-order valence-corrected chi connectivity index (χ4v) is 6.38. The molecule has 25 heavy (non-hydrogen) atoms. The molecular weight excluding hydrogens is 320 g/mol. The van der Waals surface area contributed by atoms with Gasteiger partial charge in [0.1, 0.15) is 5.60 Å². The van der Waals surface area contributed by atoms with Crippen molar-refractivity contribution in [2.24, 2.45) is 35.0 Å². The van der Waals surface area contributed by atoms with Crippen molar-refractivity contribution in [3.8, 4) is 0 Å². The summed E-state index contributed by atoms with van der Waals surface area (Å²) in [6, 6.07) is 0. The van der Waals surface area contributed by atoms with Gasteiger partial charge in [-0.25, -0.2) is 0 Å². The van der Waals surface area contributed by atoms with Crippen LogP contribution in [0.3, 0.4) is 0 Å². The fourth-order valence-electron chi connectivity index (χ4n) is 6.38. The van der Waals surface area contributed by atoms with Gasteiger partial charge in [-0.2, -0.15) is 0 Å². The first-order valence-electron chi connectivity index (χ1n) is 9.18. The highest BCUT2D eigenvalue weighted by molar-refractivity contribution is 5.99. The normalized spacial score (nSPS) is 53.2. The van der Waals surface area contributed by atoms with E-state index in [0.717, 1.165) is 5.57 Å². The van der Waals surface area contributed by atoms with Crippen LogP contribution in [0.4, 0.5) is 0 Å². The Morgan fingerprint density at radius 1 is 1.20 bits per heavy atom. The topological polar surface area (TPSA) is 98.0 Å². The van der Waals surface area contributed by atoms with E-state index in [0.29, 0.717) is 12.0 Å². The first kappa shape index (κ1) is 17.4. The van der Waals surface area contributed by atoms with Gasteiger partial charge >= 0.3 is 0 Å². The Balaban J connectivity index is 1.91. The zero-order valence-corrected chi connectivity index (χ0v) is 15.2. The summed E-state index contributed by atoms with van der Waals surface area (Å²) in [7, 11) is 0. The fraction of sp³-hybridized carbons (Fsp3) is 0.750. The van der Waals surface area contributed by atoms with Crippen LogP contribution >= 0.6 is 0 Å². The number of fused-ring (bicyclic) bond motifs is 5. The van der Waals surface area contributed by atoms with Gasteiger partial charge < -0.3 is 20.4 Å². The Morgan fingerprint density at radius 2 is 1.84 bits per heavy atom. The summed E-state index contributed by atoms with van der Waals surface area (Å²) in [5.41, 5.74) is -1.73. The molecule has 5 heteroatoms. The molecule has 0 spiro atoms. The Bertz CT molecular complexity index is 707. The molecule has 0 saturated heterocycles. The third-order valence-electron chi connectivity index (χ3n) is 7.97. The molecule has 0 aromatic carbocycles. The van der Waals surface area contributed by atoms with Gasteiger partial charge in [-0.3, -0.25) is 4.79 Å². The van der Waals surface area contributed by atoms with Crippen molar-refractivity contribution in [3.63, 3.8) is 0 Å². The van der Waals surface area contributed by atoms with Crippen molar-refractivity contribution >= 4 is 5.78 Å². The van der Waals surface area contributed by atoms with E-state index in [-0.39, 0.29) is 18.3 Å². The molecule has 8 atom stereocenters. The van der Waals surface area contributed by atoms with E-state index in [9.17, 15) is 25.2 Å². The molecule has 4 rings (SSSR count). The van der Waals surface area contributed by atoms with Crippen molar-refractivity contribution in [3.05, 3.63) is 23.3 Å². The second-order valence-electron chi connectivity index (χ2n) is 9.20. The van der Waals surface area contributed by atoms with Gasteiger partial charge in [-0.15, -0.1) is 0 Å². The second kappa shape index (κ2) is 4.83. The number of carbonyl (C=O) groups is 1. The second-order valence-corrected chi connectivity index (χ2v) is 9.20. The number of aliphatic hydroxyl groups excluding tert-OH is 2. The van der Waals surface area contributed by atoms with Crippen molar-refractivity contribution in [2.75, 3.05) is 6.61 Å². The summed E-state index contributed by atoms with van der Waals surface area (Å²) in [6.07, 6.45) is 3.09. The molecule has 0 unspecified atom stereocenters. The number of hydrogen-bond acceptors (Lipinski definition) is 5. The first-order chi connectivity index (χ1) is 11.5. The lowest BCUT2D eigenvalue weighted by atomic mass is 9.60. The number of aliphatic hydroxyl groups is 4. The average molecular weight is 348 g/mol. The number of rotatable bonds is 1. The van der Waals surface area contributed by atoms with Crippen molar-refractivity contribution in [1.29, 1.82) is 0 Å². The zero-order chi connectivity index (χ0) is 18.5. The van der Waals surface area contributed by atoms with Crippen molar-refractivity contribution in [2.45, 2.75) is 51.4 Å². The molecule has 2 saturated carbocycles. The molecule has 0 amide bonds. The van der Waals surface area contributed by atoms with Crippen molar-refractivity contribution in [1.82, 2.24) is 0 Å². The Labute approximate surface area is 148 Å². The lowest BCUT2D eigenvalue weighted by Crippen LogP contribution is -2.62. The minimum Gasteiger partial charge on any atom is -0.392 e. The van der Waals surface area contributed by atoms with E-state index < -0.39 is 46.4 Å². The molecule has 2 fully saturated rings. The molecule has 138 valence electrons. The van der Waals surface area contributed by atoms with E-state index >= 15 is 0 Å². The van der Waals surface area contributed by atoms with Crippen LogP contribution in [0.15, 0.2) is 23.3 Å². The highest BCUT2D eigenvalue weighted by Crippen LogP contribution is 2.74. The maximum atomic E-state index is 12.6. The smallest absolute Gasteiger partial charge is 0.162 e. The third-order valence-corrected chi connectivity index (χ3v) is 7.97. The summed E-state index contributed by atoms with van der Waals surface area (Å²) < 4.78 is 0. The van der Waals surface area contributed by atoms with Gasteiger partial charge in [-0.1, -0.05) is 32.9 Å². The lowest BCUT2D eigenvalue weighted by Gasteiger charge is -2.50. The average Bonchev–Trinajstić information content (AvgIpc) is 2.92. The van der Waals surface area contributed by atoms with Crippen LogP contribution in [0.5, 0.6) is 0 Å². The molecule has 0 aromatic rings. The predicted molar refractivity (Wildman–Crippen MR) is 91.4 cm³/mol. The minimum absolute atomic E-state index is 0.0102. The van der Waals surface area contributed by atoms with Crippen LogP contribution in [0, 0.1) is 35.0 Å². The zero-order valence-electron chi connectivity index (χ0n) is 15.2. The number of ketones is 1. The minimum atomic E-state index is -1.32. The molecule has 0 aliphatic heterocycles. The molecular formula is C20H28O5. The SMILES string of the molecule is CC1=C[C@@H]2[C@@H](CC(CO)=C[C@H]3[C@@H]4C(C)(C)[C@]4(O)[C@H](O)[C@@H](C)[C@]23O)C1=O. The quantitative estimate of drug-likeness (QED) is 0.526. The Kier molecular flexibility index (Phi) is 3.36. The van der Waals surface area contributed by atoms with E-state index in [2.05, 4.69) is 0 Å². The molecule has 4 aliphatic rings. The van der Waals surface area contributed by atoms with Crippen LogP contribution in [0.1, 0.15) is 34.1 Å². The molecule has 5 nitrogen and oxygen atoms in total. The maximum absolute atomic E-state index is 12.6. The van der Waals surface area contributed by atoms with Gasteiger partial charge in [0.25, 0.3) is 0 Å². The lowest BCUT2D eigenvalue weighted by molar-refractivity contribution is -0.192. The van der Waals surface area contributed by atoms with E-state index in [1.165, 1.54) is 0 Å². The molecule has 0 bridgehead atoms. The number of carbonyl (C=O) groups excluding carboxylic acids is 1. The Morgan fingerprint density at radius 3 is 2.44 bits per heavy atom. The van der Waals surface area contributed by atoms with Crippen LogP contribution in [-0.2, 0) is 4.79 Å². The third kappa shape index (κ3) is 1.75.